The van der Waals surface area contributed by atoms with E-state index >= 15 is 0 Å². The van der Waals surface area contributed by atoms with Gasteiger partial charge >= 0.3 is 0 Å². The first-order chi connectivity index (χ1) is 30.9. The van der Waals surface area contributed by atoms with Crippen molar-refractivity contribution in [1.29, 1.82) is 10.8 Å². The zero-order valence-corrected chi connectivity index (χ0v) is 34.4. The van der Waals surface area contributed by atoms with E-state index in [1.807, 2.05) is 110 Å². The van der Waals surface area contributed by atoms with Gasteiger partial charge in [0.15, 0.2) is 28.9 Å². The van der Waals surface area contributed by atoms with Crippen molar-refractivity contribution in [3.05, 3.63) is 192 Å². The average Bonchev–Trinajstić information content (AvgIpc) is 3.26. The first kappa shape index (κ1) is 40.2. The number of benzene rings is 4. The lowest BCUT2D eigenvalue weighted by Gasteiger charge is -2.48. The van der Waals surface area contributed by atoms with Gasteiger partial charge in [0, 0.05) is 39.8 Å². The van der Waals surface area contributed by atoms with Crippen LogP contribution in [0.5, 0.6) is 0 Å². The molecule has 0 saturated heterocycles. The summed E-state index contributed by atoms with van der Waals surface area (Å²) in [4.78, 5) is 20.5. The normalized spacial score (nSPS) is 17.2. The van der Waals surface area contributed by atoms with Gasteiger partial charge in [-0.2, -0.15) is 4.99 Å². The van der Waals surface area contributed by atoms with Gasteiger partial charge in [-0.25, -0.2) is 16.1 Å². The van der Waals surface area contributed by atoms with E-state index in [9.17, 15) is 0 Å². The van der Waals surface area contributed by atoms with Crippen LogP contribution in [0.15, 0.2) is 187 Å². The molecule has 18 N–H and O–H groups in total. The molecule has 8 bridgehead atoms. The number of fused-ring (bicyclic) bond motifs is 6. The molecule has 0 spiro atoms. The Morgan fingerprint density at radius 2 is 1.14 bits per heavy atom. The highest BCUT2D eigenvalue weighted by molar-refractivity contribution is 6.56. The molecule has 0 aromatic heterocycles. The zero-order valence-electron chi connectivity index (χ0n) is 34.4. The van der Waals surface area contributed by atoms with E-state index in [1.165, 1.54) is 12.2 Å². The summed E-state index contributed by atoms with van der Waals surface area (Å²) in [6.07, 6.45) is 10.7. The SMILES string of the molecule is N=C1C=C(N)C2=NC3=C(Nc4ccc(N)cc4)C[C+](Nc4ccc(N)cc4)C(=C3)N=C3[CH+]C(=NC4=C(Nc5ccc(N)cc5)C[C-](Nc5ccc(N)cc5)C(=NC1=C2)[CH-]4)C(N)=CC3=N. The summed E-state index contributed by atoms with van der Waals surface area (Å²) in [7, 11) is 0. The highest BCUT2D eigenvalue weighted by Gasteiger charge is 2.37. The smallest absolute Gasteiger partial charge is 0.250 e. The Balaban J connectivity index is 1.24. The number of aliphatic imine (C=N–C) groups is 4. The number of hydrogen-bond donors (Lipinski definition) is 12. The molecular formula is C48H44N16. The van der Waals surface area contributed by atoms with E-state index in [4.69, 9.17) is 65.2 Å². The third-order valence-electron chi connectivity index (χ3n) is 10.6. The number of anilines is 8. The molecule has 9 rings (SSSR count). The fourth-order valence-electron chi connectivity index (χ4n) is 7.20. The van der Waals surface area contributed by atoms with Crippen LogP contribution in [0.4, 0.5) is 45.5 Å². The van der Waals surface area contributed by atoms with Crippen molar-refractivity contribution in [2.24, 2.45) is 31.4 Å². The Morgan fingerprint density at radius 3 is 1.77 bits per heavy atom. The van der Waals surface area contributed by atoms with Gasteiger partial charge < -0.3 is 61.8 Å². The minimum Gasteiger partial charge on any atom is -0.514 e. The van der Waals surface area contributed by atoms with Crippen molar-refractivity contribution in [1.82, 2.24) is 0 Å². The third kappa shape index (κ3) is 8.82. The summed E-state index contributed by atoms with van der Waals surface area (Å²) < 4.78 is 0. The number of nitrogen functional groups attached to an aromatic ring is 4. The summed E-state index contributed by atoms with van der Waals surface area (Å²) in [5.41, 5.74) is 48.6. The van der Waals surface area contributed by atoms with Crippen LogP contribution in [0.25, 0.3) is 0 Å². The molecule has 1 heterocycles. The minimum absolute atomic E-state index is 0.0888. The molecule has 16 heteroatoms. The van der Waals surface area contributed by atoms with Gasteiger partial charge in [-0.15, -0.1) is 6.42 Å². The van der Waals surface area contributed by atoms with Crippen molar-refractivity contribution >= 4 is 79.8 Å². The van der Waals surface area contributed by atoms with Gasteiger partial charge in [0.1, 0.15) is 18.6 Å². The quantitative estimate of drug-likeness (QED) is 0.0502. The molecule has 1 aliphatic heterocycles. The van der Waals surface area contributed by atoms with Crippen molar-refractivity contribution < 1.29 is 0 Å². The lowest BCUT2D eigenvalue weighted by atomic mass is 9.91. The molecule has 16 nitrogen and oxygen atoms in total. The number of hydrogen-bond acceptors (Lipinski definition) is 16. The third-order valence-corrected chi connectivity index (χ3v) is 10.6. The van der Waals surface area contributed by atoms with Crippen LogP contribution in [-0.4, -0.2) is 34.3 Å². The molecule has 5 aliphatic rings. The van der Waals surface area contributed by atoms with Gasteiger partial charge in [0.05, 0.1) is 40.6 Å². The zero-order chi connectivity index (χ0) is 44.5. The van der Waals surface area contributed by atoms with E-state index in [1.54, 1.807) is 12.5 Å². The van der Waals surface area contributed by atoms with Crippen molar-refractivity contribution in [2.75, 3.05) is 44.2 Å². The van der Waals surface area contributed by atoms with E-state index in [0.717, 1.165) is 22.7 Å². The summed E-state index contributed by atoms with van der Waals surface area (Å²) in [6, 6.07) is 30.9. The van der Waals surface area contributed by atoms with Crippen LogP contribution in [-0.2, 0) is 0 Å². The fraction of sp³-hybridized carbons (Fsp3) is 0.0417. The molecule has 316 valence electrons. The van der Waals surface area contributed by atoms with Crippen LogP contribution >= 0.6 is 0 Å². The van der Waals surface area contributed by atoms with Gasteiger partial charge in [-0.1, -0.05) is 5.70 Å². The number of allylic oxidation sites excluding steroid dienone is 6. The Hall–Kier alpha value is -9.18. The monoisotopic (exact) mass is 844 g/mol. The van der Waals surface area contributed by atoms with E-state index in [-0.39, 0.29) is 22.8 Å². The molecule has 0 atom stereocenters. The number of nitrogens with one attached hydrogen (secondary N) is 6. The van der Waals surface area contributed by atoms with E-state index in [2.05, 4.69) is 21.3 Å². The summed E-state index contributed by atoms with van der Waals surface area (Å²) in [6.45, 7) is 0. The number of nitrogens with two attached hydrogens (primary N) is 6. The lowest BCUT2D eigenvalue weighted by Crippen LogP contribution is -2.32. The molecule has 0 unspecified atom stereocenters. The second kappa shape index (κ2) is 16.7. The molecule has 64 heavy (non-hydrogen) atoms. The maximum Gasteiger partial charge on any atom is 0.250 e. The van der Waals surface area contributed by atoms with Crippen LogP contribution in [0, 0.1) is 35.7 Å². The topological polar surface area (TPSA) is 301 Å². The van der Waals surface area contributed by atoms with Crippen LogP contribution in [0.1, 0.15) is 12.8 Å². The molecule has 4 aliphatic carbocycles. The van der Waals surface area contributed by atoms with Crippen molar-refractivity contribution in [2.45, 2.75) is 12.8 Å². The first-order valence-electron chi connectivity index (χ1n) is 20.2. The molecule has 0 radical (unpaired) electrons. The molecule has 0 saturated carbocycles. The Bertz CT molecular complexity index is 2890. The fourth-order valence-corrected chi connectivity index (χ4v) is 7.20. The number of rotatable bonds is 8. The second-order valence-corrected chi connectivity index (χ2v) is 15.4. The maximum absolute atomic E-state index is 9.07. The summed E-state index contributed by atoms with van der Waals surface area (Å²) in [5, 5.41) is 32.3. The highest BCUT2D eigenvalue weighted by atomic mass is 15.0. The lowest BCUT2D eigenvalue weighted by molar-refractivity contribution is 0.915. The van der Waals surface area contributed by atoms with Gasteiger partial charge in [0.2, 0.25) is 5.71 Å². The largest absolute Gasteiger partial charge is 0.514 e. The van der Waals surface area contributed by atoms with Gasteiger partial charge in [-0.3, -0.25) is 21.8 Å². The minimum atomic E-state index is 0.0888. The predicted molar refractivity (Wildman–Crippen MR) is 262 cm³/mol. The maximum atomic E-state index is 9.07. The van der Waals surface area contributed by atoms with E-state index < -0.39 is 0 Å². The van der Waals surface area contributed by atoms with Crippen molar-refractivity contribution in [3.63, 3.8) is 0 Å². The van der Waals surface area contributed by atoms with Crippen LogP contribution < -0.4 is 55.7 Å². The Kier molecular flexibility index (Phi) is 10.5. The first-order valence-corrected chi connectivity index (χ1v) is 20.2. The highest BCUT2D eigenvalue weighted by Crippen LogP contribution is 2.37. The number of nitrogens with zero attached hydrogens (tertiary/aromatic N) is 4. The predicted octanol–water partition coefficient (Wildman–Crippen LogP) is 6.76. The van der Waals surface area contributed by atoms with Crippen molar-refractivity contribution in [3.8, 4) is 0 Å². The van der Waals surface area contributed by atoms with E-state index in [0.29, 0.717) is 105 Å². The summed E-state index contributed by atoms with van der Waals surface area (Å²) in [5.74, 6) is 0. The standard InChI is InChI=1S/C48H44N16/c49-25-1-9-29(10-2-25)57-41-21-42(58-30-11-3-26(50)4-12-30)46-23-45(41)61-37-19-38(34(54)17-33(37)53)63-47-24-48(64-40-20-39(62-46)35(55)18-36(40)56)44(60-32-15-7-28(52)8-16-32)22-43(47)59-31-13-5-27(51)6-14-31/h1-20,23-24,53,56-60H,21-22,49-52,54-55H2. The molecule has 4 aromatic rings. The van der Waals surface area contributed by atoms with Crippen LogP contribution in [0.3, 0.4) is 0 Å². The van der Waals surface area contributed by atoms with Crippen LogP contribution in [0.2, 0.25) is 0 Å². The second-order valence-electron chi connectivity index (χ2n) is 15.4. The molecule has 4 aromatic carbocycles. The Labute approximate surface area is 369 Å². The molecule has 0 fully saturated rings. The Morgan fingerprint density at radius 1 is 0.578 bits per heavy atom. The average molecular weight is 845 g/mol. The van der Waals surface area contributed by atoms with Gasteiger partial charge in [-0.05, 0) is 115 Å². The molecular weight excluding hydrogens is 801 g/mol. The van der Waals surface area contributed by atoms with Gasteiger partial charge in [0.25, 0.3) is 5.70 Å². The molecule has 0 amide bonds. The summed E-state index contributed by atoms with van der Waals surface area (Å²) >= 11 is 0.